The Morgan fingerprint density at radius 1 is 0.757 bits per heavy atom. The molecule has 0 radical (unpaired) electrons. The summed E-state index contributed by atoms with van der Waals surface area (Å²) in [6.45, 7) is 0.00365. The summed E-state index contributed by atoms with van der Waals surface area (Å²) in [6, 6.07) is 1.13. The second-order valence-electron chi connectivity index (χ2n) is 15.7. The second kappa shape index (κ2) is 22.0. The molecule has 3 saturated heterocycles. The summed E-state index contributed by atoms with van der Waals surface area (Å²) in [7, 11) is -21.3. The highest BCUT2D eigenvalue weighted by Gasteiger charge is 2.53. The monoisotopic (exact) mass is 1140 g/mol. The van der Waals surface area contributed by atoms with Crippen LogP contribution >= 0.6 is 31.3 Å². The SMILES string of the molecule is C=CN(c1nc(N)[nH]c(=O)c1NC)[C@@H]1O[C@H](COP(=O)(O)OP(=O)(O)OP(=O)(O)OC[C@H]2O[C@@H](n3ccc(N)nc3=O)C(OC)C2OP(=O)(O)OC[C@H]2O[C@@H](n3cnc4c(=O)[nH]c(N)nc43)C(O)C2O)C(O)C1O. The molecule has 74 heavy (non-hydrogen) atoms. The van der Waals surface area contributed by atoms with Gasteiger partial charge in [-0.2, -0.15) is 23.6 Å². The van der Waals surface area contributed by atoms with Crippen molar-refractivity contribution in [2.75, 3.05) is 61.4 Å². The smallest absolute Gasteiger partial charge is 0.387 e. The average Bonchev–Trinajstić information content (AvgIpc) is 4.02. The van der Waals surface area contributed by atoms with Gasteiger partial charge in [0.25, 0.3) is 11.1 Å². The maximum atomic E-state index is 13.5. The van der Waals surface area contributed by atoms with Crippen molar-refractivity contribution in [3.8, 4) is 0 Å². The standard InChI is InChI=1S/C32H47N13O25P4/c1-4-43(23-15(36-2)25(50)41-30(34)39-23)27-19(48)17(46)12(65-27)8-63-72(55,56)69-74(59,60)70-73(57,58)64-9-13-21(22(61-3)29(67-13)44-6-5-14(33)38-32(44)52)68-71(53,54)62-7-11-18(47)20(49)28(66-11)45-10-37-16-24(45)40-31(35)42-26(16)51/h4-6,10-13,17-22,27-29,36,46-49H,1,7-9H2,2-3H3,(H,53,54)(H,55,56)(H,57,58)(H,59,60)(H2,33,38,52)(H3,34,39,41,50)(H3,35,40,42,51)/t11-,12-,13-,17?,18?,19?,20?,21?,22?,27-,28-,29-/m1/s1. The first-order valence-corrected chi connectivity index (χ1v) is 26.7. The van der Waals surface area contributed by atoms with Crippen molar-refractivity contribution >= 4 is 71.7 Å². The van der Waals surface area contributed by atoms with Crippen LogP contribution in [0.1, 0.15) is 12.5 Å². The van der Waals surface area contributed by atoms with E-state index < -0.39 is 142 Å². The number of nitrogens with one attached hydrogen (secondary N) is 3. The molecule has 0 amide bonds. The number of nitrogens with two attached hydrogens (primary N) is 3. The van der Waals surface area contributed by atoms with Gasteiger partial charge in [-0.1, -0.05) is 6.58 Å². The number of phosphoric ester groups is 3. The van der Waals surface area contributed by atoms with E-state index in [1.54, 1.807) is 0 Å². The summed E-state index contributed by atoms with van der Waals surface area (Å²) in [5.74, 6) is -1.21. The van der Waals surface area contributed by atoms with Crippen molar-refractivity contribution in [2.24, 2.45) is 0 Å². The van der Waals surface area contributed by atoms with Crippen molar-refractivity contribution in [3.05, 3.63) is 62.6 Å². The number of nitrogen functional groups attached to an aromatic ring is 3. The van der Waals surface area contributed by atoms with Crippen LogP contribution in [0.15, 0.2) is 45.8 Å². The molecule has 7 rings (SSSR count). The van der Waals surface area contributed by atoms with E-state index in [1.165, 1.54) is 7.05 Å². The van der Waals surface area contributed by atoms with Crippen molar-refractivity contribution < 1.29 is 104 Å². The van der Waals surface area contributed by atoms with Crippen LogP contribution in [0, 0.1) is 0 Å². The van der Waals surface area contributed by atoms with E-state index in [0.717, 1.165) is 45.9 Å². The predicted octanol–water partition coefficient (Wildman–Crippen LogP) is -4.25. The number of phosphoric acid groups is 4. The number of hydrogen-bond acceptors (Lipinski definition) is 30. The van der Waals surface area contributed by atoms with Crippen LogP contribution in [-0.2, 0) is 63.9 Å². The molecule has 0 spiro atoms. The number of hydrogen-bond donors (Lipinski definition) is 14. The molecule has 16 atom stereocenters. The molecule has 410 valence electrons. The number of aliphatic hydroxyl groups excluding tert-OH is 4. The summed E-state index contributed by atoms with van der Waals surface area (Å²) >= 11 is 0. The summed E-state index contributed by atoms with van der Waals surface area (Å²) in [5, 5.41) is 45.6. The fourth-order valence-electron chi connectivity index (χ4n) is 7.60. The lowest BCUT2D eigenvalue weighted by Crippen LogP contribution is -2.42. The Morgan fingerprint density at radius 3 is 1.93 bits per heavy atom. The van der Waals surface area contributed by atoms with Crippen LogP contribution < -0.4 is 44.2 Å². The van der Waals surface area contributed by atoms with Crippen LogP contribution in [0.2, 0.25) is 0 Å². The number of aliphatic hydroxyl groups is 4. The highest BCUT2D eigenvalue weighted by atomic mass is 31.3. The lowest BCUT2D eigenvalue weighted by Gasteiger charge is -2.29. The van der Waals surface area contributed by atoms with E-state index in [4.69, 9.17) is 49.7 Å². The van der Waals surface area contributed by atoms with E-state index in [1.807, 2.05) is 0 Å². The maximum absolute atomic E-state index is 13.5. The molecule has 38 nitrogen and oxygen atoms in total. The summed E-state index contributed by atoms with van der Waals surface area (Å²) in [6.07, 6.45) is -18.1. The summed E-state index contributed by atoms with van der Waals surface area (Å²) in [5.41, 5.74) is 13.7. The zero-order valence-corrected chi connectivity index (χ0v) is 41.3. The molecule has 0 aliphatic carbocycles. The van der Waals surface area contributed by atoms with Crippen molar-refractivity contribution in [1.29, 1.82) is 0 Å². The Labute approximate surface area is 411 Å². The average molecular weight is 1140 g/mol. The van der Waals surface area contributed by atoms with Gasteiger partial charge in [0, 0.05) is 26.6 Å². The third kappa shape index (κ3) is 12.3. The van der Waals surface area contributed by atoms with Gasteiger partial charge in [0.2, 0.25) is 11.9 Å². The highest BCUT2D eigenvalue weighted by Crippen LogP contribution is 2.68. The predicted molar refractivity (Wildman–Crippen MR) is 242 cm³/mol. The van der Waals surface area contributed by atoms with Gasteiger partial charge in [-0.3, -0.25) is 46.8 Å². The molecular formula is C32H47N13O25P4. The van der Waals surface area contributed by atoms with Gasteiger partial charge >= 0.3 is 37.0 Å². The Bertz CT molecular complexity index is 3110. The normalized spacial score (nSPS) is 30.4. The van der Waals surface area contributed by atoms with Gasteiger partial charge in [-0.25, -0.2) is 28.0 Å². The molecule has 7 heterocycles. The minimum absolute atomic E-state index is 0.167. The Hall–Kier alpha value is -4.95. The highest BCUT2D eigenvalue weighted by molar-refractivity contribution is 7.66. The quantitative estimate of drug-likeness (QED) is 0.0331. The molecular weight excluding hydrogens is 1090 g/mol. The molecule has 17 N–H and O–H groups in total. The second-order valence-corrected chi connectivity index (χ2v) is 21.7. The van der Waals surface area contributed by atoms with E-state index >= 15 is 0 Å². The van der Waals surface area contributed by atoms with Crippen molar-refractivity contribution in [2.45, 2.75) is 73.6 Å². The Balaban J connectivity index is 1.00. The van der Waals surface area contributed by atoms with Gasteiger partial charge in [0.05, 0.1) is 26.1 Å². The third-order valence-corrected chi connectivity index (χ3v) is 16.1. The number of aromatic amines is 2. The fraction of sp³-hybridized carbons (Fsp3) is 0.531. The topological polar surface area (TPSA) is 560 Å². The largest absolute Gasteiger partial charge is 0.490 e. The molecule has 4 aromatic heterocycles. The molecule has 42 heteroatoms. The van der Waals surface area contributed by atoms with Crippen LogP contribution in [0.5, 0.6) is 0 Å². The van der Waals surface area contributed by atoms with Gasteiger partial charge in [0.1, 0.15) is 66.4 Å². The van der Waals surface area contributed by atoms with Gasteiger partial charge in [0.15, 0.2) is 35.7 Å². The van der Waals surface area contributed by atoms with E-state index in [9.17, 15) is 72.6 Å². The first-order chi connectivity index (χ1) is 34.6. The van der Waals surface area contributed by atoms with Crippen LogP contribution in [-0.4, -0.2) is 174 Å². The van der Waals surface area contributed by atoms with Crippen LogP contribution in [0.3, 0.4) is 0 Å². The molecule has 3 aliphatic heterocycles. The van der Waals surface area contributed by atoms with E-state index in [-0.39, 0.29) is 40.4 Å². The van der Waals surface area contributed by atoms with E-state index in [0.29, 0.717) is 0 Å². The summed E-state index contributed by atoms with van der Waals surface area (Å²) in [4.78, 5) is 100. The molecule has 0 bridgehead atoms. The zero-order chi connectivity index (χ0) is 54.4. The number of H-pyrrole nitrogens is 2. The zero-order valence-electron chi connectivity index (χ0n) is 37.7. The first kappa shape index (κ1) is 56.8. The number of rotatable bonds is 22. The third-order valence-electron chi connectivity index (χ3n) is 10.8. The van der Waals surface area contributed by atoms with Gasteiger partial charge < -0.3 is 86.4 Å². The molecule has 3 fully saturated rings. The number of nitrogens with zero attached hydrogens (tertiary/aromatic N) is 7. The number of ether oxygens (including phenoxy) is 4. The Morgan fingerprint density at radius 2 is 1.32 bits per heavy atom. The lowest BCUT2D eigenvalue weighted by atomic mass is 10.1. The van der Waals surface area contributed by atoms with Crippen molar-refractivity contribution in [1.82, 2.24) is 39.0 Å². The first-order valence-electron chi connectivity index (χ1n) is 20.7. The number of fused-ring (bicyclic) bond motifs is 1. The number of aromatic nitrogens is 8. The maximum Gasteiger partial charge on any atom is 0.490 e. The molecule has 10 unspecified atom stereocenters. The summed E-state index contributed by atoms with van der Waals surface area (Å²) < 4.78 is 105. The fourth-order valence-corrected chi connectivity index (χ4v) is 12.1. The van der Waals surface area contributed by atoms with Crippen LogP contribution in [0.4, 0.5) is 29.2 Å². The number of anilines is 5. The number of imidazole rings is 1. The van der Waals surface area contributed by atoms with E-state index in [2.05, 4.69) is 54.9 Å². The molecule has 0 aromatic carbocycles. The minimum atomic E-state index is -6.24. The molecule has 0 saturated carbocycles. The van der Waals surface area contributed by atoms with Crippen LogP contribution in [0.25, 0.3) is 11.2 Å². The molecule has 4 aromatic rings. The number of methoxy groups -OCH3 is 1. The lowest BCUT2D eigenvalue weighted by molar-refractivity contribution is -0.0619. The Kier molecular flexibility index (Phi) is 16.8. The van der Waals surface area contributed by atoms with Crippen molar-refractivity contribution in [3.63, 3.8) is 0 Å². The van der Waals surface area contributed by atoms with Gasteiger partial charge in [-0.05, 0) is 6.07 Å². The molecule has 3 aliphatic rings. The minimum Gasteiger partial charge on any atom is -0.387 e. The van der Waals surface area contributed by atoms with Gasteiger partial charge in [-0.15, -0.1) is 0 Å².